The highest BCUT2D eigenvalue weighted by Gasteiger charge is 2.16. The first kappa shape index (κ1) is 20.9. The smallest absolute Gasteiger partial charge is 0.338 e. The Morgan fingerprint density at radius 3 is 2.33 bits per heavy atom. The van der Waals surface area contributed by atoms with E-state index in [1.54, 1.807) is 12.1 Å². The second-order valence-corrected chi connectivity index (χ2v) is 6.70. The van der Waals surface area contributed by atoms with Crippen LogP contribution in [0.5, 0.6) is 0 Å². The number of unbranched alkanes of at least 4 members (excludes halogenated alkanes) is 1. The van der Waals surface area contributed by atoms with Crippen molar-refractivity contribution in [3.05, 3.63) is 32.9 Å². The highest BCUT2D eigenvalue weighted by molar-refractivity contribution is 14.1. The zero-order valence-corrected chi connectivity index (χ0v) is 16.6. The van der Waals surface area contributed by atoms with Crippen molar-refractivity contribution in [2.24, 2.45) is 0 Å². The van der Waals surface area contributed by atoms with Crippen LogP contribution in [-0.2, 0) is 14.2 Å². The Kier molecular flexibility index (Phi) is 9.94. The predicted molar refractivity (Wildman–Crippen MR) is 100 cm³/mol. The molecule has 0 spiro atoms. The van der Waals surface area contributed by atoms with Crippen molar-refractivity contribution in [2.75, 3.05) is 19.8 Å². The maximum Gasteiger partial charge on any atom is 0.338 e. The van der Waals surface area contributed by atoms with Gasteiger partial charge in [0.05, 0.1) is 23.8 Å². The molecule has 1 rings (SSSR count). The standard InChI is InChI=1S/C18H25IO5/c1-4-6-7-22-8-9-23-17(20)14-10-15(12-16(19)11-14)18(21)24-13(3)5-2/h10-13H,4-9H2,1-3H3/t13-/m1/s1. The molecular formula is C18H25IO5. The molecule has 0 fully saturated rings. The maximum absolute atomic E-state index is 12.1. The normalized spacial score (nSPS) is 11.8. The minimum Gasteiger partial charge on any atom is -0.460 e. The number of carbonyl (C=O) groups is 2. The van der Waals surface area contributed by atoms with Crippen LogP contribution in [-0.4, -0.2) is 37.9 Å². The SMILES string of the molecule is CCCCOCCOC(=O)c1cc(I)cc(C(=O)O[C@H](C)CC)c1. The molecule has 1 aromatic rings. The number of esters is 2. The van der Waals surface area contributed by atoms with Gasteiger partial charge in [-0.3, -0.25) is 0 Å². The molecule has 1 atom stereocenters. The monoisotopic (exact) mass is 448 g/mol. The second-order valence-electron chi connectivity index (χ2n) is 5.45. The molecule has 0 bridgehead atoms. The van der Waals surface area contributed by atoms with Gasteiger partial charge in [0.1, 0.15) is 6.61 Å². The number of rotatable bonds is 10. The Labute approximate surface area is 157 Å². The molecule has 0 aliphatic rings. The molecule has 24 heavy (non-hydrogen) atoms. The lowest BCUT2D eigenvalue weighted by Crippen LogP contribution is -2.16. The number of hydrogen-bond acceptors (Lipinski definition) is 5. The summed E-state index contributed by atoms with van der Waals surface area (Å²) in [5.41, 5.74) is 0.694. The first-order valence-electron chi connectivity index (χ1n) is 8.24. The van der Waals surface area contributed by atoms with Gasteiger partial charge in [0.25, 0.3) is 0 Å². The van der Waals surface area contributed by atoms with E-state index in [1.165, 1.54) is 6.07 Å². The largest absolute Gasteiger partial charge is 0.460 e. The Hall–Kier alpha value is -1.15. The quantitative estimate of drug-likeness (QED) is 0.305. The maximum atomic E-state index is 12.1. The molecule has 0 unspecified atom stereocenters. The van der Waals surface area contributed by atoms with Crippen LogP contribution in [0, 0.1) is 3.57 Å². The van der Waals surface area contributed by atoms with E-state index in [0.717, 1.165) is 22.8 Å². The van der Waals surface area contributed by atoms with Crippen LogP contribution >= 0.6 is 22.6 Å². The lowest BCUT2D eigenvalue weighted by atomic mass is 10.1. The van der Waals surface area contributed by atoms with Gasteiger partial charge in [-0.25, -0.2) is 9.59 Å². The highest BCUT2D eigenvalue weighted by atomic mass is 127. The Bertz CT molecular complexity index is 544. The third-order valence-corrected chi connectivity index (χ3v) is 3.98. The first-order valence-corrected chi connectivity index (χ1v) is 9.32. The number of ether oxygens (including phenoxy) is 3. The summed E-state index contributed by atoms with van der Waals surface area (Å²) in [6.07, 6.45) is 2.64. The van der Waals surface area contributed by atoms with E-state index in [0.29, 0.717) is 24.3 Å². The van der Waals surface area contributed by atoms with Gasteiger partial charge in [-0.15, -0.1) is 0 Å². The predicted octanol–water partition coefficient (Wildman–Crippen LogP) is 4.22. The topological polar surface area (TPSA) is 61.8 Å². The molecular weight excluding hydrogens is 423 g/mol. The Morgan fingerprint density at radius 2 is 1.71 bits per heavy atom. The van der Waals surface area contributed by atoms with E-state index in [2.05, 4.69) is 29.5 Å². The average molecular weight is 448 g/mol. The Morgan fingerprint density at radius 1 is 1.04 bits per heavy atom. The molecule has 6 heteroatoms. The fraction of sp³-hybridized carbons (Fsp3) is 0.556. The van der Waals surface area contributed by atoms with Crippen molar-refractivity contribution in [2.45, 2.75) is 46.1 Å². The van der Waals surface area contributed by atoms with E-state index in [4.69, 9.17) is 14.2 Å². The number of benzene rings is 1. The van der Waals surface area contributed by atoms with E-state index in [-0.39, 0.29) is 12.7 Å². The van der Waals surface area contributed by atoms with Gasteiger partial charge in [-0.1, -0.05) is 20.3 Å². The lowest BCUT2D eigenvalue weighted by molar-refractivity contribution is 0.0313. The van der Waals surface area contributed by atoms with Crippen LogP contribution in [0.25, 0.3) is 0 Å². The molecule has 0 aliphatic heterocycles. The highest BCUT2D eigenvalue weighted by Crippen LogP contribution is 2.16. The molecule has 0 aromatic heterocycles. The molecule has 0 N–H and O–H groups in total. The summed E-state index contributed by atoms with van der Waals surface area (Å²) in [7, 11) is 0. The van der Waals surface area contributed by atoms with Crippen LogP contribution in [0.15, 0.2) is 18.2 Å². The molecule has 134 valence electrons. The van der Waals surface area contributed by atoms with Crippen LogP contribution in [0.2, 0.25) is 0 Å². The fourth-order valence-electron chi connectivity index (χ4n) is 1.78. The summed E-state index contributed by atoms with van der Waals surface area (Å²) in [4.78, 5) is 24.2. The lowest BCUT2D eigenvalue weighted by Gasteiger charge is -2.12. The van der Waals surface area contributed by atoms with Crippen LogP contribution in [0.1, 0.15) is 60.7 Å². The van der Waals surface area contributed by atoms with Gasteiger partial charge >= 0.3 is 11.9 Å². The van der Waals surface area contributed by atoms with Gasteiger partial charge in [0.2, 0.25) is 0 Å². The van der Waals surface area contributed by atoms with Gasteiger partial charge in [-0.05, 0) is 60.6 Å². The van der Waals surface area contributed by atoms with E-state index in [9.17, 15) is 9.59 Å². The van der Waals surface area contributed by atoms with E-state index in [1.807, 2.05) is 13.8 Å². The minimum atomic E-state index is -0.467. The van der Waals surface area contributed by atoms with Crippen molar-refractivity contribution >= 4 is 34.5 Å². The number of hydrogen-bond donors (Lipinski definition) is 0. The van der Waals surface area contributed by atoms with Crippen molar-refractivity contribution < 1.29 is 23.8 Å². The molecule has 0 saturated heterocycles. The molecule has 0 aliphatic carbocycles. The summed E-state index contributed by atoms with van der Waals surface area (Å²) >= 11 is 2.06. The summed E-state index contributed by atoms with van der Waals surface area (Å²) < 4.78 is 16.6. The van der Waals surface area contributed by atoms with Gasteiger partial charge < -0.3 is 14.2 Å². The van der Waals surface area contributed by atoms with Crippen molar-refractivity contribution in [1.82, 2.24) is 0 Å². The second kappa shape index (κ2) is 11.4. The molecule has 0 radical (unpaired) electrons. The summed E-state index contributed by atoms with van der Waals surface area (Å²) in [5, 5.41) is 0. The van der Waals surface area contributed by atoms with Gasteiger partial charge in [0.15, 0.2) is 0 Å². The van der Waals surface area contributed by atoms with E-state index >= 15 is 0 Å². The van der Waals surface area contributed by atoms with Gasteiger partial charge in [-0.2, -0.15) is 0 Å². The van der Waals surface area contributed by atoms with Crippen molar-refractivity contribution in [1.29, 1.82) is 0 Å². The molecule has 5 nitrogen and oxygen atoms in total. The van der Waals surface area contributed by atoms with Crippen molar-refractivity contribution in [3.8, 4) is 0 Å². The van der Waals surface area contributed by atoms with Crippen LogP contribution < -0.4 is 0 Å². The summed E-state index contributed by atoms with van der Waals surface area (Å²) in [5.74, 6) is -0.898. The fourth-order valence-corrected chi connectivity index (χ4v) is 2.46. The molecule has 1 aromatic carbocycles. The molecule has 0 heterocycles. The third-order valence-electron chi connectivity index (χ3n) is 3.36. The molecule has 0 saturated carbocycles. The number of halogens is 1. The first-order chi connectivity index (χ1) is 11.5. The third kappa shape index (κ3) is 7.61. The summed E-state index contributed by atoms with van der Waals surface area (Å²) in [6, 6.07) is 4.88. The van der Waals surface area contributed by atoms with E-state index < -0.39 is 11.9 Å². The Balaban J connectivity index is 2.61. The van der Waals surface area contributed by atoms with Gasteiger partial charge in [0, 0.05) is 10.2 Å². The molecule has 0 amide bonds. The zero-order valence-electron chi connectivity index (χ0n) is 14.5. The average Bonchev–Trinajstić information content (AvgIpc) is 2.56. The van der Waals surface area contributed by atoms with Crippen LogP contribution in [0.4, 0.5) is 0 Å². The summed E-state index contributed by atoms with van der Waals surface area (Å²) in [6.45, 7) is 7.10. The van der Waals surface area contributed by atoms with Crippen LogP contribution in [0.3, 0.4) is 0 Å². The minimum absolute atomic E-state index is 0.161. The van der Waals surface area contributed by atoms with Crippen molar-refractivity contribution in [3.63, 3.8) is 0 Å². The number of carbonyl (C=O) groups excluding carboxylic acids is 2. The zero-order chi connectivity index (χ0) is 17.9.